The average Bonchev–Trinajstić information content (AvgIpc) is 3.33. The molecule has 0 aliphatic heterocycles. The molecule has 0 aromatic heterocycles. The Morgan fingerprint density at radius 3 is 0.910 bits per heavy atom. The second kappa shape index (κ2) is 57.4. The van der Waals surface area contributed by atoms with Crippen LogP contribution >= 0.6 is 0 Å². The summed E-state index contributed by atoms with van der Waals surface area (Å²) < 4.78 is 5.49. The predicted octanol–water partition coefficient (Wildman–Crippen LogP) is 19.1. The van der Waals surface area contributed by atoms with Crippen LogP contribution in [0.4, 0.5) is 0 Å². The minimum atomic E-state index is -0.678. The number of nitrogens with one attached hydrogen (secondary N) is 1. The molecule has 3 N–H and O–H groups in total. The second-order valence-corrected chi connectivity index (χ2v) is 21.4. The number of hydrogen-bond acceptors (Lipinski definition) is 5. The lowest BCUT2D eigenvalue weighted by Gasteiger charge is -2.22. The van der Waals surface area contributed by atoms with E-state index in [9.17, 15) is 19.8 Å². The lowest BCUT2D eigenvalue weighted by Crippen LogP contribution is -2.45. The maximum atomic E-state index is 12.5. The summed E-state index contributed by atoms with van der Waals surface area (Å²) in [6.45, 7) is 4.94. The number of ether oxygens (including phenoxy) is 1. The zero-order chi connectivity index (χ0) is 48.6. The molecule has 0 aromatic carbocycles. The third-order valence-electron chi connectivity index (χ3n) is 14.7. The first-order chi connectivity index (χ1) is 33.0. The third kappa shape index (κ3) is 54.0. The number of aliphatic hydroxyl groups is 2. The van der Waals surface area contributed by atoms with Gasteiger partial charge in [0, 0.05) is 12.8 Å². The minimum absolute atomic E-state index is 0.0123. The topological polar surface area (TPSA) is 95.9 Å². The van der Waals surface area contributed by atoms with Crippen LogP contribution in [-0.2, 0) is 14.3 Å². The summed E-state index contributed by atoms with van der Waals surface area (Å²) in [5.74, 6) is -0.0648. The Kier molecular flexibility index (Phi) is 56.5. The molecule has 0 bridgehead atoms. The molecule has 2 unspecified atom stereocenters. The normalized spacial score (nSPS) is 12.5. The Hall–Kier alpha value is -1.14. The highest BCUT2D eigenvalue weighted by molar-refractivity contribution is 5.76. The molecule has 0 spiro atoms. The van der Waals surface area contributed by atoms with Crippen molar-refractivity contribution in [2.45, 2.75) is 366 Å². The molecule has 0 fully saturated rings. The van der Waals surface area contributed by atoms with Gasteiger partial charge in [-0.2, -0.15) is 0 Å². The summed E-state index contributed by atoms with van der Waals surface area (Å²) in [6.07, 6.45) is 66.7. The molecule has 6 heteroatoms. The molecule has 0 aromatic rings. The maximum absolute atomic E-state index is 12.5. The first kappa shape index (κ1) is 65.9. The second-order valence-electron chi connectivity index (χ2n) is 21.4. The van der Waals surface area contributed by atoms with Crippen LogP contribution in [0.5, 0.6) is 0 Å². The van der Waals surface area contributed by atoms with Gasteiger partial charge in [-0.3, -0.25) is 9.59 Å². The summed E-state index contributed by atoms with van der Waals surface area (Å²) in [5, 5.41) is 23.3. The lowest BCUT2D eigenvalue weighted by atomic mass is 10.0. The van der Waals surface area contributed by atoms with Crippen LogP contribution in [0, 0.1) is 0 Å². The Morgan fingerprint density at radius 2 is 0.612 bits per heavy atom. The van der Waals surface area contributed by atoms with E-state index in [4.69, 9.17) is 4.74 Å². The first-order valence-electron chi connectivity index (χ1n) is 30.8. The number of hydrogen-bond donors (Lipinski definition) is 3. The summed E-state index contributed by atoms with van der Waals surface area (Å²) in [5.41, 5.74) is 0. The third-order valence-corrected chi connectivity index (χ3v) is 14.7. The van der Waals surface area contributed by atoms with Gasteiger partial charge in [0.25, 0.3) is 0 Å². The minimum Gasteiger partial charge on any atom is -0.466 e. The highest BCUT2D eigenvalue weighted by atomic mass is 16.5. The van der Waals surface area contributed by atoms with Crippen molar-refractivity contribution in [3.05, 3.63) is 0 Å². The van der Waals surface area contributed by atoms with Gasteiger partial charge >= 0.3 is 5.97 Å². The number of esters is 1. The summed E-state index contributed by atoms with van der Waals surface area (Å²) in [6, 6.07) is -0.558. The van der Waals surface area contributed by atoms with Gasteiger partial charge in [-0.1, -0.05) is 316 Å². The van der Waals surface area contributed by atoms with E-state index in [2.05, 4.69) is 19.2 Å². The number of carbonyl (C=O) groups is 2. The van der Waals surface area contributed by atoms with Gasteiger partial charge in [-0.15, -0.1) is 0 Å². The van der Waals surface area contributed by atoms with Crippen molar-refractivity contribution in [2.24, 2.45) is 0 Å². The van der Waals surface area contributed by atoms with E-state index in [1.54, 1.807) is 0 Å². The van der Waals surface area contributed by atoms with E-state index in [-0.39, 0.29) is 18.5 Å². The van der Waals surface area contributed by atoms with Crippen molar-refractivity contribution in [1.82, 2.24) is 5.32 Å². The highest BCUT2D eigenvalue weighted by Crippen LogP contribution is 2.18. The molecule has 0 radical (unpaired) electrons. The van der Waals surface area contributed by atoms with E-state index >= 15 is 0 Å². The standard InChI is InChI=1S/C61H121NO5/c1-3-5-7-9-11-13-15-17-19-21-23-24-26-27-29-31-33-37-41-45-49-53-59(64)58(57-63)62-60(65)54-50-46-42-38-35-36-40-44-48-52-56-67-61(66)55-51-47-43-39-34-32-30-28-25-22-20-18-16-14-12-10-8-6-4-2/h58-59,63-64H,3-57H2,1-2H3,(H,62,65). The van der Waals surface area contributed by atoms with Crippen LogP contribution < -0.4 is 5.32 Å². The molecule has 6 nitrogen and oxygen atoms in total. The molecular weight excluding hydrogens is 827 g/mol. The van der Waals surface area contributed by atoms with E-state index < -0.39 is 12.1 Å². The summed E-state index contributed by atoms with van der Waals surface area (Å²) in [4.78, 5) is 24.6. The SMILES string of the molecule is CCCCCCCCCCCCCCCCCCCCCCCC(O)C(CO)NC(=O)CCCCCCCCCCCCOC(=O)CCCCCCCCCCCCCCCCCCCCC. The van der Waals surface area contributed by atoms with E-state index in [1.165, 1.54) is 263 Å². The van der Waals surface area contributed by atoms with Crippen molar-refractivity contribution in [2.75, 3.05) is 13.2 Å². The van der Waals surface area contributed by atoms with E-state index in [1.807, 2.05) is 0 Å². The van der Waals surface area contributed by atoms with E-state index in [0.29, 0.717) is 25.9 Å². The van der Waals surface area contributed by atoms with Gasteiger partial charge in [-0.05, 0) is 25.7 Å². The highest BCUT2D eigenvalue weighted by Gasteiger charge is 2.20. The van der Waals surface area contributed by atoms with Gasteiger partial charge < -0.3 is 20.3 Å². The fourth-order valence-electron chi connectivity index (χ4n) is 9.94. The zero-order valence-corrected chi connectivity index (χ0v) is 45.7. The van der Waals surface area contributed by atoms with Gasteiger partial charge in [-0.25, -0.2) is 0 Å². The van der Waals surface area contributed by atoms with Crippen LogP contribution in [0.2, 0.25) is 0 Å². The van der Waals surface area contributed by atoms with Crippen LogP contribution in [0.3, 0.4) is 0 Å². The number of rotatable bonds is 58. The quantitative estimate of drug-likeness (QED) is 0.0417. The molecule has 1 amide bonds. The van der Waals surface area contributed by atoms with Crippen LogP contribution in [0.25, 0.3) is 0 Å². The number of aliphatic hydroxyl groups excluding tert-OH is 2. The van der Waals surface area contributed by atoms with Crippen LogP contribution in [-0.4, -0.2) is 47.4 Å². The Labute approximate surface area is 419 Å². The van der Waals surface area contributed by atoms with E-state index in [0.717, 1.165) is 57.8 Å². The first-order valence-corrected chi connectivity index (χ1v) is 30.8. The number of carbonyl (C=O) groups excluding carboxylic acids is 2. The fourth-order valence-corrected chi connectivity index (χ4v) is 9.94. The molecular formula is C61H121NO5. The maximum Gasteiger partial charge on any atom is 0.305 e. The fraction of sp³-hybridized carbons (Fsp3) is 0.967. The van der Waals surface area contributed by atoms with Gasteiger partial charge in [0.1, 0.15) is 0 Å². The average molecular weight is 949 g/mol. The van der Waals surface area contributed by atoms with Gasteiger partial charge in [0.15, 0.2) is 0 Å². The molecule has 67 heavy (non-hydrogen) atoms. The smallest absolute Gasteiger partial charge is 0.305 e. The number of unbranched alkanes of at least 4 members (excludes halogenated alkanes) is 47. The monoisotopic (exact) mass is 948 g/mol. The van der Waals surface area contributed by atoms with Crippen LogP contribution in [0.15, 0.2) is 0 Å². The molecule has 400 valence electrons. The zero-order valence-electron chi connectivity index (χ0n) is 45.7. The summed E-state index contributed by atoms with van der Waals surface area (Å²) in [7, 11) is 0. The van der Waals surface area contributed by atoms with Crippen LogP contribution in [0.1, 0.15) is 354 Å². The van der Waals surface area contributed by atoms with Crippen molar-refractivity contribution in [3.63, 3.8) is 0 Å². The van der Waals surface area contributed by atoms with Crippen molar-refractivity contribution < 1.29 is 24.5 Å². The van der Waals surface area contributed by atoms with Crippen molar-refractivity contribution in [3.8, 4) is 0 Å². The van der Waals surface area contributed by atoms with Crippen molar-refractivity contribution in [1.29, 1.82) is 0 Å². The van der Waals surface area contributed by atoms with Gasteiger partial charge in [0.05, 0.1) is 25.4 Å². The molecule has 0 aliphatic rings. The van der Waals surface area contributed by atoms with Crippen molar-refractivity contribution >= 4 is 11.9 Å². The number of amides is 1. The Morgan fingerprint density at radius 1 is 0.358 bits per heavy atom. The van der Waals surface area contributed by atoms with Gasteiger partial charge in [0.2, 0.25) is 5.91 Å². The molecule has 0 aliphatic carbocycles. The molecule has 0 saturated heterocycles. The molecule has 0 heterocycles. The predicted molar refractivity (Wildman–Crippen MR) is 292 cm³/mol. The Bertz CT molecular complexity index is 959. The molecule has 0 rings (SSSR count). The molecule has 2 atom stereocenters. The largest absolute Gasteiger partial charge is 0.466 e. The molecule has 0 saturated carbocycles. The lowest BCUT2D eigenvalue weighted by molar-refractivity contribution is -0.143. The Balaban J connectivity index is 3.43. The summed E-state index contributed by atoms with van der Waals surface area (Å²) >= 11 is 0.